The van der Waals surface area contributed by atoms with Crippen LogP contribution in [0.4, 0.5) is 10.2 Å². The lowest BCUT2D eigenvalue weighted by molar-refractivity contribution is 0.630. The van der Waals surface area contributed by atoms with Crippen molar-refractivity contribution in [3.05, 3.63) is 42.3 Å². The highest BCUT2D eigenvalue weighted by molar-refractivity contribution is 5.57. The van der Waals surface area contributed by atoms with Crippen molar-refractivity contribution >= 4 is 5.82 Å². The Kier molecular flexibility index (Phi) is 2.58. The molecule has 0 radical (unpaired) electrons. The van der Waals surface area contributed by atoms with E-state index in [4.69, 9.17) is 0 Å². The molecule has 1 aromatic heterocycles. The van der Waals surface area contributed by atoms with E-state index in [1.807, 2.05) is 0 Å². The predicted octanol–water partition coefficient (Wildman–Crippen LogP) is 2.32. The molecule has 2 rings (SSSR count). The van der Waals surface area contributed by atoms with E-state index in [1.54, 1.807) is 37.5 Å². The Morgan fingerprint density at radius 1 is 1.20 bits per heavy atom. The summed E-state index contributed by atoms with van der Waals surface area (Å²) in [5.41, 5.74) is 0.412. The van der Waals surface area contributed by atoms with Crippen molar-refractivity contribution < 1.29 is 4.39 Å². The van der Waals surface area contributed by atoms with Crippen LogP contribution in [0, 0.1) is 5.82 Å². The molecule has 4 heteroatoms. The molecule has 0 fully saturated rings. The SMILES string of the molecule is CNc1ccnc(-c2ccccc2F)n1. The monoisotopic (exact) mass is 203 g/mol. The molecule has 15 heavy (non-hydrogen) atoms. The number of aromatic nitrogens is 2. The minimum Gasteiger partial charge on any atom is -0.373 e. The van der Waals surface area contributed by atoms with Crippen LogP contribution in [-0.4, -0.2) is 17.0 Å². The van der Waals surface area contributed by atoms with Crippen molar-refractivity contribution in [3.63, 3.8) is 0 Å². The second-order valence-corrected chi connectivity index (χ2v) is 3.00. The van der Waals surface area contributed by atoms with E-state index in [0.717, 1.165) is 0 Å². The molecular weight excluding hydrogens is 193 g/mol. The van der Waals surface area contributed by atoms with Crippen LogP contribution in [0.1, 0.15) is 0 Å². The molecule has 0 unspecified atom stereocenters. The third-order valence-corrected chi connectivity index (χ3v) is 2.03. The van der Waals surface area contributed by atoms with Gasteiger partial charge in [0.05, 0.1) is 5.56 Å². The summed E-state index contributed by atoms with van der Waals surface area (Å²) < 4.78 is 13.4. The fourth-order valence-electron chi connectivity index (χ4n) is 1.27. The van der Waals surface area contributed by atoms with Gasteiger partial charge in [-0.05, 0) is 18.2 Å². The summed E-state index contributed by atoms with van der Waals surface area (Å²) in [6.07, 6.45) is 1.60. The molecule has 1 aromatic carbocycles. The number of hydrogen-bond donors (Lipinski definition) is 1. The highest BCUT2D eigenvalue weighted by Gasteiger charge is 2.06. The summed E-state index contributed by atoms with van der Waals surface area (Å²) in [7, 11) is 1.76. The molecule has 0 saturated carbocycles. The van der Waals surface area contributed by atoms with Gasteiger partial charge < -0.3 is 5.32 Å². The number of benzene rings is 1. The predicted molar refractivity (Wildman–Crippen MR) is 57.0 cm³/mol. The van der Waals surface area contributed by atoms with Crippen molar-refractivity contribution in [1.29, 1.82) is 0 Å². The summed E-state index contributed by atoms with van der Waals surface area (Å²) in [6.45, 7) is 0. The van der Waals surface area contributed by atoms with Crippen LogP contribution in [0.25, 0.3) is 11.4 Å². The van der Waals surface area contributed by atoms with E-state index in [2.05, 4.69) is 15.3 Å². The van der Waals surface area contributed by atoms with Gasteiger partial charge in [0.25, 0.3) is 0 Å². The molecule has 0 aliphatic heterocycles. The van der Waals surface area contributed by atoms with Crippen LogP contribution in [0.15, 0.2) is 36.5 Å². The molecule has 0 aliphatic carbocycles. The second-order valence-electron chi connectivity index (χ2n) is 3.00. The summed E-state index contributed by atoms with van der Waals surface area (Å²) in [5.74, 6) is 0.744. The summed E-state index contributed by atoms with van der Waals surface area (Å²) in [5, 5.41) is 2.88. The number of hydrogen-bond acceptors (Lipinski definition) is 3. The molecule has 2 aromatic rings. The third kappa shape index (κ3) is 1.93. The molecule has 3 nitrogen and oxygen atoms in total. The normalized spacial score (nSPS) is 10.0. The Morgan fingerprint density at radius 2 is 2.00 bits per heavy atom. The van der Waals surface area contributed by atoms with Gasteiger partial charge in [-0.2, -0.15) is 0 Å². The molecule has 1 heterocycles. The van der Waals surface area contributed by atoms with Gasteiger partial charge in [-0.3, -0.25) is 0 Å². The number of nitrogens with zero attached hydrogens (tertiary/aromatic N) is 2. The Hall–Kier alpha value is -1.97. The molecule has 0 spiro atoms. The second kappa shape index (κ2) is 4.04. The Bertz CT molecular complexity index is 471. The standard InChI is InChI=1S/C11H10FN3/c1-13-10-6-7-14-11(15-10)8-4-2-3-5-9(8)12/h2-7H,1H3,(H,13,14,15). The third-order valence-electron chi connectivity index (χ3n) is 2.03. The van der Waals surface area contributed by atoms with Crippen molar-refractivity contribution in [1.82, 2.24) is 9.97 Å². The van der Waals surface area contributed by atoms with E-state index in [1.165, 1.54) is 6.07 Å². The lowest BCUT2D eigenvalue weighted by atomic mass is 10.2. The van der Waals surface area contributed by atoms with Crippen molar-refractivity contribution in [3.8, 4) is 11.4 Å². The van der Waals surface area contributed by atoms with E-state index < -0.39 is 0 Å². The zero-order valence-corrected chi connectivity index (χ0v) is 8.24. The van der Waals surface area contributed by atoms with Crippen molar-refractivity contribution in [2.45, 2.75) is 0 Å². The largest absolute Gasteiger partial charge is 0.373 e. The summed E-state index contributed by atoms with van der Waals surface area (Å²) in [6, 6.07) is 8.17. The number of halogens is 1. The van der Waals surface area contributed by atoms with Crippen molar-refractivity contribution in [2.24, 2.45) is 0 Å². The molecule has 0 saturated heterocycles. The molecule has 1 N–H and O–H groups in total. The van der Waals surface area contributed by atoms with E-state index in [0.29, 0.717) is 17.2 Å². The maximum Gasteiger partial charge on any atom is 0.164 e. The minimum atomic E-state index is -0.314. The number of nitrogens with one attached hydrogen (secondary N) is 1. The van der Waals surface area contributed by atoms with Gasteiger partial charge >= 0.3 is 0 Å². The average Bonchev–Trinajstić information content (AvgIpc) is 2.30. The molecule has 76 valence electrons. The highest BCUT2D eigenvalue weighted by atomic mass is 19.1. The van der Waals surface area contributed by atoms with Crippen molar-refractivity contribution in [2.75, 3.05) is 12.4 Å². The van der Waals surface area contributed by atoms with Gasteiger partial charge in [0.15, 0.2) is 5.82 Å². The van der Waals surface area contributed by atoms with Crippen LogP contribution in [0.2, 0.25) is 0 Å². The van der Waals surface area contributed by atoms with Crippen LogP contribution >= 0.6 is 0 Å². The highest BCUT2D eigenvalue weighted by Crippen LogP contribution is 2.19. The van der Waals surface area contributed by atoms with Gasteiger partial charge in [-0.25, -0.2) is 14.4 Å². The first-order chi connectivity index (χ1) is 7.31. The maximum absolute atomic E-state index is 13.4. The fourth-order valence-corrected chi connectivity index (χ4v) is 1.27. The zero-order chi connectivity index (χ0) is 10.7. The lowest BCUT2D eigenvalue weighted by Gasteiger charge is -2.03. The van der Waals surface area contributed by atoms with E-state index >= 15 is 0 Å². The number of anilines is 1. The van der Waals surface area contributed by atoms with E-state index in [-0.39, 0.29) is 5.82 Å². The van der Waals surface area contributed by atoms with Crippen LogP contribution in [0.3, 0.4) is 0 Å². The summed E-state index contributed by atoms with van der Waals surface area (Å²) >= 11 is 0. The van der Waals surface area contributed by atoms with Crippen LogP contribution < -0.4 is 5.32 Å². The average molecular weight is 203 g/mol. The number of rotatable bonds is 2. The minimum absolute atomic E-state index is 0.314. The first kappa shape index (κ1) is 9.58. The first-order valence-electron chi connectivity index (χ1n) is 4.57. The van der Waals surface area contributed by atoms with Gasteiger partial charge in [0, 0.05) is 13.2 Å². The summed E-state index contributed by atoms with van der Waals surface area (Å²) in [4.78, 5) is 8.19. The molecule has 0 bridgehead atoms. The van der Waals surface area contributed by atoms with Gasteiger partial charge in [0.2, 0.25) is 0 Å². The van der Waals surface area contributed by atoms with Gasteiger partial charge in [-0.1, -0.05) is 12.1 Å². The maximum atomic E-state index is 13.4. The van der Waals surface area contributed by atoms with Gasteiger partial charge in [0.1, 0.15) is 11.6 Å². The topological polar surface area (TPSA) is 37.8 Å². The first-order valence-corrected chi connectivity index (χ1v) is 4.57. The van der Waals surface area contributed by atoms with Crippen LogP contribution in [-0.2, 0) is 0 Å². The molecule has 0 aliphatic rings. The Balaban J connectivity index is 2.49. The van der Waals surface area contributed by atoms with E-state index in [9.17, 15) is 4.39 Å². The molecule has 0 amide bonds. The fraction of sp³-hybridized carbons (Fsp3) is 0.0909. The Labute approximate surface area is 87.0 Å². The molecular formula is C11H10FN3. The zero-order valence-electron chi connectivity index (χ0n) is 8.24. The van der Waals surface area contributed by atoms with Crippen LogP contribution in [0.5, 0.6) is 0 Å². The lowest BCUT2D eigenvalue weighted by Crippen LogP contribution is -1.96. The van der Waals surface area contributed by atoms with Gasteiger partial charge in [-0.15, -0.1) is 0 Å². The quantitative estimate of drug-likeness (QED) is 0.813. The smallest absolute Gasteiger partial charge is 0.164 e. The molecule has 0 atom stereocenters. The Morgan fingerprint density at radius 3 is 2.73 bits per heavy atom.